The minimum absolute atomic E-state index is 0.130. The first kappa shape index (κ1) is 19.1. The van der Waals surface area contributed by atoms with Gasteiger partial charge in [0.25, 0.3) is 5.91 Å². The van der Waals surface area contributed by atoms with Gasteiger partial charge in [-0.25, -0.2) is 8.42 Å². The summed E-state index contributed by atoms with van der Waals surface area (Å²) in [6.07, 6.45) is 0.930. The summed E-state index contributed by atoms with van der Waals surface area (Å²) in [7, 11) is -3.59. The van der Waals surface area contributed by atoms with Gasteiger partial charge >= 0.3 is 0 Å². The van der Waals surface area contributed by atoms with Gasteiger partial charge in [0.05, 0.1) is 4.90 Å². The number of anilines is 1. The van der Waals surface area contributed by atoms with E-state index >= 15 is 0 Å². The zero-order chi connectivity index (χ0) is 18.4. The van der Waals surface area contributed by atoms with Crippen LogP contribution in [0.4, 0.5) is 5.69 Å². The molecule has 0 aliphatic rings. The summed E-state index contributed by atoms with van der Waals surface area (Å²) in [4.78, 5) is 12.6. The van der Waals surface area contributed by atoms with Gasteiger partial charge in [0.2, 0.25) is 10.0 Å². The van der Waals surface area contributed by atoms with Crippen LogP contribution in [0, 0.1) is 0 Å². The first-order chi connectivity index (χ1) is 11.9. The number of nitrogens with one attached hydrogen (secondary N) is 1. The standard InChI is InChI=1S/C19H24N2O3S/c1-4-15-10-12-17(13-11-15)20-19(22)16-8-7-9-18(14-16)25(23,24)21(5-2)6-3/h7-14H,4-6H2,1-3H3,(H,20,22). The average molecular weight is 360 g/mol. The topological polar surface area (TPSA) is 66.5 Å². The molecule has 0 fully saturated rings. The Hall–Kier alpha value is -2.18. The molecule has 0 heterocycles. The minimum atomic E-state index is -3.59. The third-order valence-electron chi connectivity index (χ3n) is 4.06. The van der Waals surface area contributed by atoms with E-state index in [0.29, 0.717) is 24.3 Å². The molecule has 0 aromatic heterocycles. The van der Waals surface area contributed by atoms with E-state index in [1.165, 1.54) is 22.0 Å². The molecular weight excluding hydrogens is 336 g/mol. The fraction of sp³-hybridized carbons (Fsp3) is 0.316. The fourth-order valence-electron chi connectivity index (χ4n) is 2.54. The molecule has 0 bridgehead atoms. The van der Waals surface area contributed by atoms with E-state index in [0.717, 1.165) is 6.42 Å². The van der Waals surface area contributed by atoms with Crippen molar-refractivity contribution in [2.45, 2.75) is 32.1 Å². The molecule has 6 heteroatoms. The second kappa shape index (κ2) is 8.27. The summed E-state index contributed by atoms with van der Waals surface area (Å²) >= 11 is 0. The van der Waals surface area contributed by atoms with Gasteiger partial charge in [-0.15, -0.1) is 0 Å². The molecule has 25 heavy (non-hydrogen) atoms. The van der Waals surface area contributed by atoms with E-state index in [2.05, 4.69) is 12.2 Å². The Balaban J connectivity index is 2.23. The van der Waals surface area contributed by atoms with Gasteiger partial charge in [0.15, 0.2) is 0 Å². The highest BCUT2D eigenvalue weighted by Gasteiger charge is 2.22. The summed E-state index contributed by atoms with van der Waals surface area (Å²) < 4.78 is 26.6. The summed E-state index contributed by atoms with van der Waals surface area (Å²) in [5.41, 5.74) is 2.18. The number of nitrogens with zero attached hydrogens (tertiary/aromatic N) is 1. The van der Waals surface area contributed by atoms with E-state index in [1.54, 1.807) is 26.0 Å². The highest BCUT2D eigenvalue weighted by atomic mass is 32.2. The van der Waals surface area contributed by atoms with Crippen LogP contribution in [0.15, 0.2) is 53.4 Å². The molecule has 2 aromatic rings. The van der Waals surface area contributed by atoms with E-state index in [4.69, 9.17) is 0 Å². The number of benzene rings is 2. The molecule has 0 atom stereocenters. The molecule has 2 aromatic carbocycles. The lowest BCUT2D eigenvalue weighted by Gasteiger charge is -2.18. The predicted molar refractivity (Wildman–Crippen MR) is 100 cm³/mol. The Morgan fingerprint density at radius 1 is 1.00 bits per heavy atom. The Bertz CT molecular complexity index is 826. The Labute approximate surface area is 149 Å². The normalized spacial score (nSPS) is 11.5. The van der Waals surface area contributed by atoms with Gasteiger partial charge < -0.3 is 5.32 Å². The molecule has 0 radical (unpaired) electrons. The SMILES string of the molecule is CCc1ccc(NC(=O)c2cccc(S(=O)(=O)N(CC)CC)c2)cc1. The largest absolute Gasteiger partial charge is 0.322 e. The van der Waals surface area contributed by atoms with Crippen LogP contribution in [0.2, 0.25) is 0 Å². The molecule has 1 N–H and O–H groups in total. The first-order valence-electron chi connectivity index (χ1n) is 8.42. The molecule has 0 aliphatic heterocycles. The second-order valence-electron chi connectivity index (χ2n) is 5.62. The van der Waals surface area contributed by atoms with Crippen molar-refractivity contribution in [3.05, 3.63) is 59.7 Å². The highest BCUT2D eigenvalue weighted by molar-refractivity contribution is 7.89. The van der Waals surface area contributed by atoms with Crippen LogP contribution in [0.25, 0.3) is 0 Å². The summed E-state index contributed by atoms with van der Waals surface area (Å²) in [6.45, 7) is 6.42. The predicted octanol–water partition coefficient (Wildman–Crippen LogP) is 3.53. The molecule has 0 unspecified atom stereocenters. The molecule has 5 nitrogen and oxygen atoms in total. The van der Waals surface area contributed by atoms with Crippen LogP contribution >= 0.6 is 0 Å². The minimum Gasteiger partial charge on any atom is -0.322 e. The number of sulfonamides is 1. The van der Waals surface area contributed by atoms with Crippen molar-refractivity contribution in [2.24, 2.45) is 0 Å². The lowest BCUT2D eigenvalue weighted by atomic mass is 10.1. The first-order valence-corrected chi connectivity index (χ1v) is 9.86. The number of hydrogen-bond acceptors (Lipinski definition) is 3. The van der Waals surface area contributed by atoms with Crippen molar-refractivity contribution in [1.82, 2.24) is 4.31 Å². The van der Waals surface area contributed by atoms with E-state index < -0.39 is 10.0 Å². The zero-order valence-corrected chi connectivity index (χ0v) is 15.6. The van der Waals surface area contributed by atoms with Crippen molar-refractivity contribution in [3.63, 3.8) is 0 Å². The number of rotatable bonds is 7. The average Bonchev–Trinajstić information content (AvgIpc) is 2.63. The summed E-state index contributed by atoms with van der Waals surface area (Å²) in [5, 5.41) is 2.80. The lowest BCUT2D eigenvalue weighted by molar-refractivity contribution is 0.102. The number of hydrogen-bond donors (Lipinski definition) is 1. The lowest BCUT2D eigenvalue weighted by Crippen LogP contribution is -2.30. The molecule has 2 rings (SSSR count). The third-order valence-corrected chi connectivity index (χ3v) is 6.11. The number of amides is 1. The smallest absolute Gasteiger partial charge is 0.255 e. The van der Waals surface area contributed by atoms with E-state index in [9.17, 15) is 13.2 Å². The number of aryl methyl sites for hydroxylation is 1. The number of carbonyl (C=O) groups excluding carboxylic acids is 1. The maximum absolute atomic E-state index is 12.6. The number of carbonyl (C=O) groups is 1. The van der Waals surface area contributed by atoms with Gasteiger partial charge in [-0.1, -0.05) is 39.0 Å². The fourth-order valence-corrected chi connectivity index (χ4v) is 4.04. The van der Waals surface area contributed by atoms with Crippen LogP contribution in [0.5, 0.6) is 0 Å². The Morgan fingerprint density at radius 2 is 1.64 bits per heavy atom. The van der Waals surface area contributed by atoms with Crippen molar-refractivity contribution < 1.29 is 13.2 Å². The van der Waals surface area contributed by atoms with Gasteiger partial charge in [0.1, 0.15) is 0 Å². The Kier molecular flexibility index (Phi) is 6.33. The van der Waals surface area contributed by atoms with Crippen LogP contribution in [0.3, 0.4) is 0 Å². The third kappa shape index (κ3) is 4.46. The summed E-state index contributed by atoms with van der Waals surface area (Å²) in [5.74, 6) is -0.333. The molecular formula is C19H24N2O3S. The van der Waals surface area contributed by atoms with E-state index in [1.807, 2.05) is 24.3 Å². The van der Waals surface area contributed by atoms with Gasteiger partial charge in [-0.05, 0) is 42.3 Å². The van der Waals surface area contributed by atoms with E-state index in [-0.39, 0.29) is 10.8 Å². The van der Waals surface area contributed by atoms with Crippen molar-refractivity contribution in [1.29, 1.82) is 0 Å². The van der Waals surface area contributed by atoms with Crippen LogP contribution in [0.1, 0.15) is 36.7 Å². The van der Waals surface area contributed by atoms with Crippen LogP contribution in [-0.4, -0.2) is 31.7 Å². The van der Waals surface area contributed by atoms with Gasteiger partial charge in [-0.3, -0.25) is 4.79 Å². The van der Waals surface area contributed by atoms with Gasteiger partial charge in [0, 0.05) is 24.3 Å². The quantitative estimate of drug-likeness (QED) is 0.821. The maximum Gasteiger partial charge on any atom is 0.255 e. The molecule has 0 saturated heterocycles. The molecule has 0 aliphatic carbocycles. The van der Waals surface area contributed by atoms with Crippen LogP contribution in [-0.2, 0) is 16.4 Å². The zero-order valence-electron chi connectivity index (χ0n) is 14.8. The highest BCUT2D eigenvalue weighted by Crippen LogP contribution is 2.18. The molecule has 134 valence electrons. The Morgan fingerprint density at radius 3 is 2.20 bits per heavy atom. The van der Waals surface area contributed by atoms with Crippen molar-refractivity contribution in [2.75, 3.05) is 18.4 Å². The molecule has 0 saturated carbocycles. The van der Waals surface area contributed by atoms with Gasteiger partial charge in [-0.2, -0.15) is 4.31 Å². The molecule has 1 amide bonds. The van der Waals surface area contributed by atoms with Crippen molar-refractivity contribution >= 4 is 21.6 Å². The summed E-state index contributed by atoms with van der Waals surface area (Å²) in [6, 6.07) is 13.7. The molecule has 0 spiro atoms. The maximum atomic E-state index is 12.6. The monoisotopic (exact) mass is 360 g/mol. The van der Waals surface area contributed by atoms with Crippen molar-refractivity contribution in [3.8, 4) is 0 Å². The second-order valence-corrected chi connectivity index (χ2v) is 7.56. The van der Waals surface area contributed by atoms with Crippen LogP contribution < -0.4 is 5.32 Å².